The van der Waals surface area contributed by atoms with Gasteiger partial charge in [0.15, 0.2) is 0 Å². The summed E-state index contributed by atoms with van der Waals surface area (Å²) in [6, 6.07) is 12.8. The summed E-state index contributed by atoms with van der Waals surface area (Å²) in [7, 11) is 0. The number of amides is 4. The summed E-state index contributed by atoms with van der Waals surface area (Å²) >= 11 is 3.32. The van der Waals surface area contributed by atoms with Crippen LogP contribution in [-0.2, 0) is 6.42 Å². The van der Waals surface area contributed by atoms with Crippen LogP contribution in [0.5, 0.6) is 0 Å². The molecule has 1 heterocycles. The highest BCUT2D eigenvalue weighted by Gasteiger charge is 2.34. The number of carbonyl (C=O) groups is 3. The van der Waals surface area contributed by atoms with Gasteiger partial charge < -0.3 is 10.6 Å². The molecule has 6 nitrogen and oxygen atoms in total. The van der Waals surface area contributed by atoms with Crippen molar-refractivity contribution in [3.05, 3.63) is 69.2 Å². The molecule has 2 N–H and O–H groups in total. The molecule has 3 rings (SSSR count). The van der Waals surface area contributed by atoms with Crippen LogP contribution >= 0.6 is 15.9 Å². The third kappa shape index (κ3) is 4.85. The van der Waals surface area contributed by atoms with Gasteiger partial charge in [0.05, 0.1) is 17.2 Å². The van der Waals surface area contributed by atoms with Gasteiger partial charge in [-0.25, -0.2) is 4.79 Å². The quantitative estimate of drug-likeness (QED) is 0.485. The summed E-state index contributed by atoms with van der Waals surface area (Å²) in [6.45, 7) is 4.66. The van der Waals surface area contributed by atoms with Crippen LogP contribution in [0.1, 0.15) is 58.2 Å². The van der Waals surface area contributed by atoms with Gasteiger partial charge in [0.2, 0.25) is 0 Å². The average molecular weight is 458 g/mol. The fourth-order valence-electron chi connectivity index (χ4n) is 3.28. The lowest BCUT2D eigenvalue weighted by molar-refractivity contribution is 0.0653. The number of hydrogen-bond donors (Lipinski definition) is 2. The highest BCUT2D eigenvalue weighted by molar-refractivity contribution is 9.10. The first-order chi connectivity index (χ1) is 13.9. The smallest absolute Gasteiger partial charge is 0.315 e. The average Bonchev–Trinajstić information content (AvgIpc) is 2.95. The van der Waals surface area contributed by atoms with Gasteiger partial charge in [-0.3, -0.25) is 14.5 Å². The fraction of sp³-hybridized carbons (Fsp3) is 0.318. The summed E-state index contributed by atoms with van der Waals surface area (Å²) in [6.07, 6.45) is 1.46. The predicted octanol–water partition coefficient (Wildman–Crippen LogP) is 4.06. The lowest BCUT2D eigenvalue weighted by Crippen LogP contribution is -2.39. The number of hydrogen-bond acceptors (Lipinski definition) is 3. The van der Waals surface area contributed by atoms with Crippen molar-refractivity contribution in [1.29, 1.82) is 0 Å². The van der Waals surface area contributed by atoms with Crippen LogP contribution in [0.2, 0.25) is 0 Å². The summed E-state index contributed by atoms with van der Waals surface area (Å²) in [5, 5.41) is 5.68. The minimum atomic E-state index is -0.292. The molecule has 0 saturated heterocycles. The monoisotopic (exact) mass is 457 g/mol. The molecule has 0 radical (unpaired) electrons. The van der Waals surface area contributed by atoms with Crippen molar-refractivity contribution in [2.45, 2.75) is 32.7 Å². The van der Waals surface area contributed by atoms with Gasteiger partial charge >= 0.3 is 6.03 Å². The number of halogens is 1. The van der Waals surface area contributed by atoms with Crippen molar-refractivity contribution in [1.82, 2.24) is 15.5 Å². The number of imide groups is 1. The molecule has 2 aromatic rings. The summed E-state index contributed by atoms with van der Waals surface area (Å²) < 4.78 is 0.760. The maximum atomic E-state index is 12.4. The molecule has 2 aromatic carbocycles. The molecule has 4 amide bonds. The third-order valence-corrected chi connectivity index (χ3v) is 5.51. The van der Waals surface area contributed by atoms with Gasteiger partial charge in [0, 0.05) is 17.6 Å². The number of nitrogens with zero attached hydrogens (tertiary/aromatic N) is 1. The maximum Gasteiger partial charge on any atom is 0.315 e. The number of carbonyl (C=O) groups excluding carboxylic acids is 3. The standard InChI is InChI=1S/C22H24BrN3O3/c1-3-15-5-7-16(8-6-15)14(2)25-22(29)24-11-4-12-26-20(27)18-10-9-17(23)13-19(18)21(26)28/h5-10,13-14H,3-4,11-12H2,1-2H3,(H2,24,25,29). The number of nitrogens with one attached hydrogen (secondary N) is 2. The number of aryl methyl sites for hydroxylation is 1. The predicted molar refractivity (Wildman–Crippen MR) is 115 cm³/mol. The molecule has 0 fully saturated rings. The number of urea groups is 1. The topological polar surface area (TPSA) is 78.5 Å². The molecule has 0 aliphatic carbocycles. The van der Waals surface area contributed by atoms with E-state index in [1.807, 2.05) is 19.1 Å². The van der Waals surface area contributed by atoms with Gasteiger partial charge in [-0.2, -0.15) is 0 Å². The van der Waals surface area contributed by atoms with Crippen LogP contribution in [-0.4, -0.2) is 35.8 Å². The first kappa shape index (κ1) is 21.0. The lowest BCUT2D eigenvalue weighted by atomic mass is 10.1. The van der Waals surface area contributed by atoms with Crippen molar-refractivity contribution in [2.75, 3.05) is 13.1 Å². The van der Waals surface area contributed by atoms with E-state index >= 15 is 0 Å². The van der Waals surface area contributed by atoms with E-state index in [9.17, 15) is 14.4 Å². The van der Waals surface area contributed by atoms with Crippen LogP contribution in [0.4, 0.5) is 4.79 Å². The zero-order valence-corrected chi connectivity index (χ0v) is 18.1. The number of fused-ring (bicyclic) bond motifs is 1. The summed E-state index contributed by atoms with van der Waals surface area (Å²) in [5.41, 5.74) is 3.13. The van der Waals surface area contributed by atoms with E-state index in [0.717, 1.165) is 16.5 Å². The van der Waals surface area contributed by atoms with Crippen molar-refractivity contribution in [2.24, 2.45) is 0 Å². The first-order valence-corrected chi connectivity index (χ1v) is 10.5. The molecule has 29 heavy (non-hydrogen) atoms. The Morgan fingerprint density at radius 2 is 1.76 bits per heavy atom. The van der Waals surface area contributed by atoms with E-state index in [-0.39, 0.29) is 30.4 Å². The van der Waals surface area contributed by atoms with Crippen LogP contribution in [0.15, 0.2) is 46.9 Å². The molecule has 1 aliphatic rings. The second-order valence-corrected chi connectivity index (χ2v) is 7.94. The summed E-state index contributed by atoms with van der Waals surface area (Å²) in [4.78, 5) is 38.2. The fourth-order valence-corrected chi connectivity index (χ4v) is 3.64. The Labute approximate surface area is 178 Å². The van der Waals surface area contributed by atoms with Crippen LogP contribution in [0.25, 0.3) is 0 Å². The zero-order chi connectivity index (χ0) is 21.0. The van der Waals surface area contributed by atoms with E-state index in [1.165, 1.54) is 10.5 Å². The minimum Gasteiger partial charge on any atom is -0.338 e. The first-order valence-electron chi connectivity index (χ1n) is 9.69. The van der Waals surface area contributed by atoms with E-state index in [0.29, 0.717) is 24.1 Å². The van der Waals surface area contributed by atoms with Gasteiger partial charge in [0.1, 0.15) is 0 Å². The van der Waals surface area contributed by atoms with E-state index in [4.69, 9.17) is 0 Å². The van der Waals surface area contributed by atoms with Crippen molar-refractivity contribution in [3.8, 4) is 0 Å². The second kappa shape index (κ2) is 9.22. The third-order valence-electron chi connectivity index (χ3n) is 5.01. The van der Waals surface area contributed by atoms with Gasteiger partial charge in [-0.1, -0.05) is 47.1 Å². The molecule has 1 unspecified atom stereocenters. The Kier molecular flexibility index (Phi) is 6.69. The van der Waals surface area contributed by atoms with Crippen molar-refractivity contribution < 1.29 is 14.4 Å². The molecular formula is C22H24BrN3O3. The molecule has 152 valence electrons. The molecule has 0 bridgehead atoms. The van der Waals surface area contributed by atoms with Crippen molar-refractivity contribution in [3.63, 3.8) is 0 Å². The van der Waals surface area contributed by atoms with Gasteiger partial charge in [-0.05, 0) is 49.1 Å². The Bertz CT molecular complexity index is 927. The zero-order valence-electron chi connectivity index (χ0n) is 16.5. The van der Waals surface area contributed by atoms with Crippen LogP contribution < -0.4 is 10.6 Å². The number of benzene rings is 2. The minimum absolute atomic E-state index is 0.115. The molecule has 1 atom stereocenters. The molecule has 0 aromatic heterocycles. The Morgan fingerprint density at radius 1 is 1.07 bits per heavy atom. The second-order valence-electron chi connectivity index (χ2n) is 7.02. The molecule has 7 heteroatoms. The molecule has 0 saturated carbocycles. The van der Waals surface area contributed by atoms with Gasteiger partial charge in [0.25, 0.3) is 11.8 Å². The van der Waals surface area contributed by atoms with Crippen LogP contribution in [0, 0.1) is 0 Å². The van der Waals surface area contributed by atoms with E-state index in [1.54, 1.807) is 18.2 Å². The summed E-state index contributed by atoms with van der Waals surface area (Å²) in [5.74, 6) is -0.578. The highest BCUT2D eigenvalue weighted by Crippen LogP contribution is 2.26. The SMILES string of the molecule is CCc1ccc(C(C)NC(=O)NCCCN2C(=O)c3ccc(Br)cc3C2=O)cc1. The largest absolute Gasteiger partial charge is 0.338 e. The van der Waals surface area contributed by atoms with Crippen LogP contribution in [0.3, 0.4) is 0 Å². The van der Waals surface area contributed by atoms with Crippen molar-refractivity contribution >= 4 is 33.8 Å². The lowest BCUT2D eigenvalue weighted by Gasteiger charge is -2.17. The molecular weight excluding hydrogens is 434 g/mol. The van der Waals surface area contributed by atoms with Gasteiger partial charge in [-0.15, -0.1) is 0 Å². The molecule has 1 aliphatic heterocycles. The van der Waals surface area contributed by atoms with E-state index < -0.39 is 0 Å². The highest BCUT2D eigenvalue weighted by atomic mass is 79.9. The number of rotatable bonds is 7. The normalized spacial score (nSPS) is 14.0. The maximum absolute atomic E-state index is 12.4. The Morgan fingerprint density at radius 3 is 2.45 bits per heavy atom. The van der Waals surface area contributed by atoms with E-state index in [2.05, 4.69) is 45.6 Å². The molecule has 0 spiro atoms. The Hall–Kier alpha value is -2.67. The Balaban J connectivity index is 1.44.